The van der Waals surface area contributed by atoms with Crippen molar-refractivity contribution >= 4 is 34.5 Å². The lowest BCUT2D eigenvalue weighted by Crippen LogP contribution is -2.48. The molecule has 0 atom stereocenters. The Morgan fingerprint density at radius 1 is 0.868 bits per heavy atom. The summed E-state index contributed by atoms with van der Waals surface area (Å²) in [6, 6.07) is 9.04. The minimum Gasteiger partial charge on any atom is -0.380 e. The second-order valence-electron chi connectivity index (χ2n) is 10.8. The van der Waals surface area contributed by atoms with Gasteiger partial charge in [-0.2, -0.15) is 13.2 Å². The molecule has 0 radical (unpaired) electrons. The van der Waals surface area contributed by atoms with Crippen molar-refractivity contribution in [3.8, 4) is 0 Å². The van der Waals surface area contributed by atoms with Gasteiger partial charge in [0, 0.05) is 87.0 Å². The highest BCUT2D eigenvalue weighted by Gasteiger charge is 2.34. The molecular formula is C28H37F3N6S. The Labute approximate surface area is 227 Å². The number of nitrogens with one attached hydrogen (secondary N) is 3. The molecule has 2 aromatic rings. The average Bonchev–Trinajstić information content (AvgIpc) is 3.47. The molecule has 4 aliphatic rings. The first-order valence-corrected chi connectivity index (χ1v) is 14.8. The third-order valence-electron chi connectivity index (χ3n) is 8.23. The maximum absolute atomic E-state index is 13.9. The standard InChI is InChI=1S/C28H37F3N6S/c29-28(30,31)20-17-24(33-21-5-11-35(12-6-21)15-16-36-13-7-32-8-14-36)27-26(18-20)38-25-19-22(3-4-23(25)34-27)37-9-1-2-10-37/h3-4,17-19,21,32-34H,1-2,5-16H2. The van der Waals surface area contributed by atoms with Gasteiger partial charge < -0.3 is 25.8 Å². The van der Waals surface area contributed by atoms with Crippen molar-refractivity contribution in [2.45, 2.75) is 47.7 Å². The van der Waals surface area contributed by atoms with Gasteiger partial charge in [-0.1, -0.05) is 11.8 Å². The first-order valence-electron chi connectivity index (χ1n) is 13.9. The molecule has 6 rings (SSSR count). The van der Waals surface area contributed by atoms with Crippen molar-refractivity contribution in [1.29, 1.82) is 0 Å². The van der Waals surface area contributed by atoms with Crippen molar-refractivity contribution in [1.82, 2.24) is 15.1 Å². The minimum absolute atomic E-state index is 0.156. The molecule has 0 aromatic heterocycles. The Balaban J connectivity index is 1.15. The molecule has 4 heterocycles. The van der Waals surface area contributed by atoms with Gasteiger partial charge in [0.2, 0.25) is 0 Å². The van der Waals surface area contributed by atoms with Crippen molar-refractivity contribution in [3.05, 3.63) is 35.9 Å². The topological polar surface area (TPSA) is 45.8 Å². The average molecular weight is 547 g/mol. The number of nitrogens with zero attached hydrogens (tertiary/aromatic N) is 3. The Morgan fingerprint density at radius 2 is 1.58 bits per heavy atom. The van der Waals surface area contributed by atoms with Gasteiger partial charge in [-0.05, 0) is 56.0 Å². The molecule has 3 N–H and O–H groups in total. The summed E-state index contributed by atoms with van der Waals surface area (Å²) < 4.78 is 41.7. The second kappa shape index (κ2) is 11.2. The predicted octanol–water partition coefficient (Wildman–Crippen LogP) is 5.30. The van der Waals surface area contributed by atoms with Crippen LogP contribution in [0.4, 0.5) is 35.9 Å². The summed E-state index contributed by atoms with van der Waals surface area (Å²) in [6.07, 6.45) is -0.170. The molecular weight excluding hydrogens is 509 g/mol. The lowest BCUT2D eigenvalue weighted by Gasteiger charge is -2.36. The number of piperidine rings is 1. The normalized spacial score (nSPS) is 21.2. The van der Waals surface area contributed by atoms with E-state index in [-0.39, 0.29) is 6.04 Å². The van der Waals surface area contributed by atoms with Crippen molar-refractivity contribution in [2.75, 3.05) is 81.0 Å². The lowest BCUT2D eigenvalue weighted by molar-refractivity contribution is -0.137. The van der Waals surface area contributed by atoms with E-state index in [1.807, 2.05) is 0 Å². The number of piperazine rings is 1. The van der Waals surface area contributed by atoms with Crippen LogP contribution >= 0.6 is 11.8 Å². The van der Waals surface area contributed by atoms with Crippen LogP contribution in [-0.4, -0.2) is 81.3 Å². The van der Waals surface area contributed by atoms with Crippen molar-refractivity contribution < 1.29 is 13.2 Å². The molecule has 0 aliphatic carbocycles. The van der Waals surface area contributed by atoms with E-state index in [9.17, 15) is 13.2 Å². The Hall–Kier alpha value is -2.14. The van der Waals surface area contributed by atoms with E-state index in [1.165, 1.54) is 36.7 Å². The summed E-state index contributed by atoms with van der Waals surface area (Å²) in [5.41, 5.74) is 2.81. The van der Waals surface area contributed by atoms with Crippen LogP contribution < -0.4 is 20.9 Å². The van der Waals surface area contributed by atoms with E-state index in [4.69, 9.17) is 0 Å². The summed E-state index contributed by atoms with van der Waals surface area (Å²) in [5.74, 6) is 0. The number of hydrogen-bond acceptors (Lipinski definition) is 7. The third-order valence-corrected chi connectivity index (χ3v) is 9.33. The lowest BCUT2D eigenvalue weighted by atomic mass is 10.0. The van der Waals surface area contributed by atoms with Gasteiger partial charge in [-0.3, -0.25) is 4.90 Å². The van der Waals surface area contributed by atoms with E-state index < -0.39 is 11.7 Å². The fraction of sp³-hybridized carbons (Fsp3) is 0.571. The Kier molecular flexibility index (Phi) is 7.66. The van der Waals surface area contributed by atoms with Gasteiger partial charge in [-0.25, -0.2) is 0 Å². The van der Waals surface area contributed by atoms with Crippen molar-refractivity contribution in [2.24, 2.45) is 0 Å². The van der Waals surface area contributed by atoms with Gasteiger partial charge >= 0.3 is 6.18 Å². The molecule has 10 heteroatoms. The number of hydrogen-bond donors (Lipinski definition) is 3. The zero-order valence-corrected chi connectivity index (χ0v) is 22.6. The second-order valence-corrected chi connectivity index (χ2v) is 11.9. The smallest absolute Gasteiger partial charge is 0.380 e. The first-order chi connectivity index (χ1) is 18.4. The number of halogens is 3. The SMILES string of the molecule is FC(F)(F)c1cc(NC2CCN(CCN3CCNCC3)CC2)c2c(c1)Sc1cc(N3CCCC3)ccc1N2. The van der Waals surface area contributed by atoms with Crippen LogP contribution in [0.3, 0.4) is 0 Å². The van der Waals surface area contributed by atoms with Crippen LogP contribution in [0, 0.1) is 0 Å². The highest BCUT2D eigenvalue weighted by Crippen LogP contribution is 2.50. The van der Waals surface area contributed by atoms with E-state index >= 15 is 0 Å². The van der Waals surface area contributed by atoms with Crippen LogP contribution in [0.2, 0.25) is 0 Å². The molecule has 3 fully saturated rings. The summed E-state index contributed by atoms with van der Waals surface area (Å²) in [7, 11) is 0. The van der Waals surface area contributed by atoms with Crippen molar-refractivity contribution in [3.63, 3.8) is 0 Å². The molecule has 6 nitrogen and oxygen atoms in total. The highest BCUT2D eigenvalue weighted by atomic mass is 32.2. The van der Waals surface area contributed by atoms with E-state index in [0.29, 0.717) is 10.6 Å². The summed E-state index contributed by atoms with van der Waals surface area (Å²) in [6.45, 7) is 10.5. The first kappa shape index (κ1) is 26.1. The molecule has 0 bridgehead atoms. The summed E-state index contributed by atoms with van der Waals surface area (Å²) >= 11 is 1.44. The van der Waals surface area contributed by atoms with Crippen LogP contribution in [0.1, 0.15) is 31.2 Å². The molecule has 38 heavy (non-hydrogen) atoms. The number of fused-ring (bicyclic) bond motifs is 2. The zero-order valence-electron chi connectivity index (χ0n) is 21.7. The van der Waals surface area contributed by atoms with Gasteiger partial charge in [0.15, 0.2) is 0 Å². The number of alkyl halides is 3. The Bertz CT molecular complexity index is 1120. The number of likely N-dealkylation sites (tertiary alicyclic amines) is 1. The molecule has 3 saturated heterocycles. The minimum atomic E-state index is -4.39. The van der Waals surface area contributed by atoms with E-state index in [2.05, 4.69) is 48.8 Å². The largest absolute Gasteiger partial charge is 0.416 e. The molecule has 0 spiro atoms. The van der Waals surface area contributed by atoms with Crippen LogP contribution in [-0.2, 0) is 6.18 Å². The quantitative estimate of drug-likeness (QED) is 0.388. The highest BCUT2D eigenvalue weighted by molar-refractivity contribution is 7.99. The van der Waals surface area contributed by atoms with E-state index in [1.54, 1.807) is 0 Å². The van der Waals surface area contributed by atoms with Gasteiger partial charge in [0.05, 0.1) is 22.6 Å². The fourth-order valence-electron chi connectivity index (χ4n) is 5.96. The molecule has 0 saturated carbocycles. The number of benzene rings is 2. The van der Waals surface area contributed by atoms with Gasteiger partial charge in [0.1, 0.15) is 0 Å². The molecule has 4 aliphatic heterocycles. The molecule has 206 valence electrons. The number of rotatable bonds is 6. The zero-order chi connectivity index (χ0) is 26.1. The fourth-order valence-corrected chi connectivity index (χ4v) is 7.06. The molecule has 2 aromatic carbocycles. The van der Waals surface area contributed by atoms with Crippen LogP contribution in [0.25, 0.3) is 0 Å². The van der Waals surface area contributed by atoms with Gasteiger partial charge in [-0.15, -0.1) is 0 Å². The predicted molar refractivity (Wildman–Crippen MR) is 149 cm³/mol. The Morgan fingerprint density at radius 3 is 2.29 bits per heavy atom. The summed E-state index contributed by atoms with van der Waals surface area (Å²) in [5, 5.41) is 10.4. The monoisotopic (exact) mass is 546 g/mol. The molecule has 0 amide bonds. The van der Waals surface area contributed by atoms with Gasteiger partial charge in [0.25, 0.3) is 0 Å². The number of anilines is 4. The van der Waals surface area contributed by atoms with Crippen LogP contribution in [0.15, 0.2) is 40.1 Å². The third kappa shape index (κ3) is 5.88. The van der Waals surface area contributed by atoms with Crippen LogP contribution in [0.5, 0.6) is 0 Å². The maximum atomic E-state index is 13.9. The maximum Gasteiger partial charge on any atom is 0.416 e. The molecule has 0 unspecified atom stereocenters. The van der Waals surface area contributed by atoms with E-state index in [0.717, 1.165) is 100 Å². The summed E-state index contributed by atoms with van der Waals surface area (Å²) in [4.78, 5) is 8.95.